The van der Waals surface area contributed by atoms with Gasteiger partial charge in [-0.25, -0.2) is 9.97 Å². The number of hydrogen-bond donors (Lipinski definition) is 1. The van der Waals surface area contributed by atoms with Crippen LogP contribution in [0.25, 0.3) is 0 Å². The van der Waals surface area contributed by atoms with Crippen molar-refractivity contribution >= 4 is 23.5 Å². The number of hydrogen-bond acceptors (Lipinski definition) is 5. The van der Waals surface area contributed by atoms with E-state index in [-0.39, 0.29) is 5.91 Å². The smallest absolute Gasteiger partial charge is 0.251 e. The molecular formula is C19H24N4OS. The Morgan fingerprint density at radius 3 is 2.76 bits per heavy atom. The summed E-state index contributed by atoms with van der Waals surface area (Å²) in [4.78, 5) is 23.4. The maximum absolute atomic E-state index is 12.2. The number of rotatable bonds is 7. The lowest BCUT2D eigenvalue weighted by Crippen LogP contribution is -2.25. The molecule has 1 aromatic carbocycles. The molecule has 1 amide bonds. The molecule has 0 radical (unpaired) electrons. The van der Waals surface area contributed by atoms with Gasteiger partial charge in [-0.2, -0.15) is 0 Å². The van der Waals surface area contributed by atoms with E-state index in [4.69, 9.17) is 0 Å². The Balaban J connectivity index is 1.68. The topological polar surface area (TPSA) is 58.1 Å². The molecule has 0 spiro atoms. The van der Waals surface area contributed by atoms with E-state index in [1.165, 1.54) is 0 Å². The second-order valence-corrected chi connectivity index (χ2v) is 7.43. The maximum Gasteiger partial charge on any atom is 0.251 e. The van der Waals surface area contributed by atoms with Crippen molar-refractivity contribution in [2.45, 2.75) is 43.1 Å². The Labute approximate surface area is 153 Å². The second-order valence-electron chi connectivity index (χ2n) is 6.48. The van der Waals surface area contributed by atoms with Crippen LogP contribution in [0, 0.1) is 0 Å². The highest BCUT2D eigenvalue weighted by Crippen LogP contribution is 2.23. The van der Waals surface area contributed by atoms with Gasteiger partial charge in [0.25, 0.3) is 5.91 Å². The van der Waals surface area contributed by atoms with Crippen LogP contribution >= 0.6 is 11.8 Å². The van der Waals surface area contributed by atoms with Gasteiger partial charge in [-0.15, -0.1) is 0 Å². The van der Waals surface area contributed by atoms with Gasteiger partial charge in [0.15, 0.2) is 5.16 Å². The van der Waals surface area contributed by atoms with E-state index in [9.17, 15) is 4.79 Å². The van der Waals surface area contributed by atoms with E-state index in [0.29, 0.717) is 6.04 Å². The van der Waals surface area contributed by atoms with Crippen LogP contribution in [0.3, 0.4) is 0 Å². The lowest BCUT2D eigenvalue weighted by atomic mass is 10.1. The van der Waals surface area contributed by atoms with Gasteiger partial charge < -0.3 is 10.2 Å². The van der Waals surface area contributed by atoms with Gasteiger partial charge in [-0.1, -0.05) is 30.8 Å². The highest BCUT2D eigenvalue weighted by molar-refractivity contribution is 7.98. The molecule has 132 valence electrons. The number of nitrogens with zero attached hydrogens (tertiary/aromatic N) is 3. The average Bonchev–Trinajstić information content (AvgIpc) is 3.43. The Kier molecular flexibility index (Phi) is 5.58. The van der Waals surface area contributed by atoms with Gasteiger partial charge >= 0.3 is 0 Å². The molecule has 1 N–H and O–H groups in total. The predicted molar refractivity (Wildman–Crippen MR) is 102 cm³/mol. The summed E-state index contributed by atoms with van der Waals surface area (Å²) in [5.74, 6) is 1.69. The number of benzene rings is 1. The van der Waals surface area contributed by atoms with Crippen LogP contribution in [0.2, 0.25) is 0 Å². The van der Waals surface area contributed by atoms with Crippen LogP contribution in [0.15, 0.2) is 35.5 Å². The first-order valence-electron chi connectivity index (χ1n) is 8.63. The summed E-state index contributed by atoms with van der Waals surface area (Å²) >= 11 is 1.60. The molecule has 0 bridgehead atoms. The van der Waals surface area contributed by atoms with Crippen LogP contribution < -0.4 is 10.2 Å². The number of nitrogens with one attached hydrogen (secondary N) is 1. The van der Waals surface area contributed by atoms with Crippen molar-refractivity contribution in [3.05, 3.63) is 47.2 Å². The first kappa shape index (κ1) is 17.7. The third-order valence-electron chi connectivity index (χ3n) is 4.04. The first-order valence-corrected chi connectivity index (χ1v) is 9.61. The molecule has 0 atom stereocenters. The minimum absolute atomic E-state index is 0.0217. The summed E-state index contributed by atoms with van der Waals surface area (Å²) in [5, 5.41) is 3.80. The fourth-order valence-corrected chi connectivity index (χ4v) is 3.20. The number of carbonyl (C=O) groups is 1. The molecule has 0 saturated heterocycles. The highest BCUT2D eigenvalue weighted by atomic mass is 32.2. The van der Waals surface area contributed by atoms with Crippen LogP contribution in [-0.2, 0) is 12.2 Å². The number of anilines is 1. The van der Waals surface area contributed by atoms with Crippen molar-refractivity contribution in [3.63, 3.8) is 0 Å². The Morgan fingerprint density at radius 1 is 1.28 bits per heavy atom. The second kappa shape index (κ2) is 7.87. The third kappa shape index (κ3) is 4.95. The largest absolute Gasteiger partial charge is 0.363 e. The van der Waals surface area contributed by atoms with Gasteiger partial charge in [-0.05, 0) is 37.0 Å². The van der Waals surface area contributed by atoms with Crippen LogP contribution in [0.1, 0.15) is 41.4 Å². The SMILES string of the molecule is CCc1cc(N(C)C)nc(SCc2cccc(C(=O)NC3CC3)c2)n1. The molecule has 1 aromatic heterocycles. The van der Waals surface area contributed by atoms with E-state index in [1.54, 1.807) is 11.8 Å². The molecule has 1 aliphatic rings. The Hall–Kier alpha value is -2.08. The molecule has 2 aromatic rings. The fourth-order valence-electron chi connectivity index (χ4n) is 2.38. The van der Waals surface area contributed by atoms with Gasteiger partial charge in [-0.3, -0.25) is 4.79 Å². The van der Waals surface area contributed by atoms with Crippen molar-refractivity contribution in [1.82, 2.24) is 15.3 Å². The zero-order valence-corrected chi connectivity index (χ0v) is 15.8. The number of aryl methyl sites for hydroxylation is 1. The van der Waals surface area contributed by atoms with Crippen molar-refractivity contribution in [2.24, 2.45) is 0 Å². The minimum atomic E-state index is 0.0217. The lowest BCUT2D eigenvalue weighted by molar-refractivity contribution is 0.0951. The van der Waals surface area contributed by atoms with E-state index in [2.05, 4.69) is 22.2 Å². The molecule has 0 aliphatic heterocycles. The Bertz CT molecular complexity index is 759. The monoisotopic (exact) mass is 356 g/mol. The normalized spacial score (nSPS) is 13.6. The summed E-state index contributed by atoms with van der Waals surface area (Å²) in [7, 11) is 3.97. The van der Waals surface area contributed by atoms with Gasteiger partial charge in [0, 0.05) is 43.2 Å². The molecule has 1 aliphatic carbocycles. The average molecular weight is 356 g/mol. The Morgan fingerprint density at radius 2 is 2.08 bits per heavy atom. The minimum Gasteiger partial charge on any atom is -0.363 e. The molecule has 1 heterocycles. The summed E-state index contributed by atoms with van der Waals surface area (Å²) in [6.45, 7) is 2.10. The quantitative estimate of drug-likeness (QED) is 0.609. The van der Waals surface area contributed by atoms with Crippen LogP contribution in [0.4, 0.5) is 5.82 Å². The fraction of sp³-hybridized carbons (Fsp3) is 0.421. The van der Waals surface area contributed by atoms with Gasteiger partial charge in [0.2, 0.25) is 0 Å². The first-order chi connectivity index (χ1) is 12.0. The van der Waals surface area contributed by atoms with Crippen molar-refractivity contribution in [3.8, 4) is 0 Å². The van der Waals surface area contributed by atoms with E-state index in [1.807, 2.05) is 49.3 Å². The predicted octanol–water partition coefficient (Wildman–Crippen LogP) is 3.29. The number of aromatic nitrogens is 2. The van der Waals surface area contributed by atoms with Gasteiger partial charge in [0.1, 0.15) is 5.82 Å². The zero-order chi connectivity index (χ0) is 17.8. The van der Waals surface area contributed by atoms with E-state index in [0.717, 1.165) is 52.8 Å². The molecular weight excluding hydrogens is 332 g/mol. The summed E-state index contributed by atoms with van der Waals surface area (Å²) < 4.78 is 0. The molecule has 6 heteroatoms. The summed E-state index contributed by atoms with van der Waals surface area (Å²) in [5.41, 5.74) is 2.87. The number of carbonyl (C=O) groups excluding carboxylic acids is 1. The summed E-state index contributed by atoms with van der Waals surface area (Å²) in [6.07, 6.45) is 3.08. The van der Waals surface area contributed by atoms with Gasteiger partial charge in [0.05, 0.1) is 0 Å². The standard InChI is InChI=1S/C19H24N4OS/c1-4-15-11-17(23(2)3)22-19(21-15)25-12-13-6-5-7-14(10-13)18(24)20-16-8-9-16/h5-7,10-11,16H,4,8-9,12H2,1-3H3,(H,20,24). The van der Waals surface area contributed by atoms with Crippen molar-refractivity contribution in [1.29, 1.82) is 0 Å². The van der Waals surface area contributed by atoms with Crippen molar-refractivity contribution in [2.75, 3.05) is 19.0 Å². The molecule has 0 unspecified atom stereocenters. The molecule has 3 rings (SSSR count). The highest BCUT2D eigenvalue weighted by Gasteiger charge is 2.23. The van der Waals surface area contributed by atoms with E-state index >= 15 is 0 Å². The number of amides is 1. The maximum atomic E-state index is 12.2. The van der Waals surface area contributed by atoms with Crippen LogP contribution in [-0.4, -0.2) is 36.0 Å². The third-order valence-corrected chi connectivity index (χ3v) is 4.95. The summed E-state index contributed by atoms with van der Waals surface area (Å²) in [6, 6.07) is 10.2. The van der Waals surface area contributed by atoms with Crippen LogP contribution in [0.5, 0.6) is 0 Å². The molecule has 5 nitrogen and oxygen atoms in total. The number of thioether (sulfide) groups is 1. The zero-order valence-electron chi connectivity index (χ0n) is 15.0. The lowest BCUT2D eigenvalue weighted by Gasteiger charge is -2.13. The van der Waals surface area contributed by atoms with Crippen molar-refractivity contribution < 1.29 is 4.79 Å². The molecule has 1 saturated carbocycles. The van der Waals surface area contributed by atoms with E-state index < -0.39 is 0 Å². The molecule has 25 heavy (non-hydrogen) atoms. The molecule has 1 fully saturated rings.